The van der Waals surface area contributed by atoms with Crippen molar-refractivity contribution < 1.29 is 0 Å². The van der Waals surface area contributed by atoms with Gasteiger partial charge < -0.3 is 9.80 Å². The maximum Gasteiger partial charge on any atom is 0.226 e. The molecule has 0 radical (unpaired) electrons. The topological polar surface area (TPSA) is 32.3 Å². The van der Waals surface area contributed by atoms with Gasteiger partial charge in [0, 0.05) is 43.2 Å². The van der Waals surface area contributed by atoms with Gasteiger partial charge in [0.1, 0.15) is 0 Å². The smallest absolute Gasteiger partial charge is 0.226 e. The van der Waals surface area contributed by atoms with E-state index >= 15 is 0 Å². The number of para-hydroxylation sites is 2. The largest absolute Gasteiger partial charge is 0.368 e. The number of aromatic nitrogens is 2. The van der Waals surface area contributed by atoms with E-state index in [4.69, 9.17) is 9.97 Å². The van der Waals surface area contributed by atoms with Crippen LogP contribution in [0.25, 0.3) is 10.9 Å². The fourth-order valence-electron chi connectivity index (χ4n) is 4.02. The predicted molar refractivity (Wildman–Crippen MR) is 114 cm³/mol. The van der Waals surface area contributed by atoms with E-state index in [-0.39, 0.29) is 0 Å². The molecule has 0 aliphatic carbocycles. The van der Waals surface area contributed by atoms with E-state index in [2.05, 4.69) is 78.2 Å². The number of hydrogen-bond donors (Lipinski definition) is 0. The summed E-state index contributed by atoms with van der Waals surface area (Å²) in [4.78, 5) is 14.8. The van der Waals surface area contributed by atoms with Crippen LogP contribution in [0.4, 0.5) is 11.6 Å². The Morgan fingerprint density at radius 2 is 1.41 bits per heavy atom. The summed E-state index contributed by atoms with van der Waals surface area (Å²) in [5, 5.41) is 1.21. The molecule has 1 saturated heterocycles. The molecular formula is C23H28N4. The summed E-state index contributed by atoms with van der Waals surface area (Å²) >= 11 is 0. The first kappa shape index (κ1) is 17.8. The summed E-state index contributed by atoms with van der Waals surface area (Å²) < 4.78 is 0. The van der Waals surface area contributed by atoms with Crippen LogP contribution in [-0.4, -0.2) is 36.1 Å². The van der Waals surface area contributed by atoms with Gasteiger partial charge in [0.05, 0.1) is 11.2 Å². The first-order valence-corrected chi connectivity index (χ1v) is 10.1. The number of piperazine rings is 1. The van der Waals surface area contributed by atoms with Crippen LogP contribution in [-0.2, 0) is 0 Å². The number of anilines is 2. The van der Waals surface area contributed by atoms with Gasteiger partial charge in [-0.3, -0.25) is 0 Å². The van der Waals surface area contributed by atoms with Crippen LogP contribution in [0, 0.1) is 0 Å². The van der Waals surface area contributed by atoms with E-state index in [1.54, 1.807) is 0 Å². The van der Waals surface area contributed by atoms with E-state index in [9.17, 15) is 0 Å². The number of rotatable bonds is 5. The average Bonchev–Trinajstić information content (AvgIpc) is 2.75. The molecule has 4 nitrogen and oxygen atoms in total. The Balaban J connectivity index is 1.61. The number of hydrogen-bond acceptors (Lipinski definition) is 4. The molecule has 1 fully saturated rings. The highest BCUT2D eigenvalue weighted by Gasteiger charge is 2.22. The number of nitrogens with zero attached hydrogens (tertiary/aromatic N) is 4. The molecule has 140 valence electrons. The van der Waals surface area contributed by atoms with Gasteiger partial charge in [-0.1, -0.05) is 50.2 Å². The second kappa shape index (κ2) is 7.95. The molecule has 4 heteroatoms. The zero-order chi connectivity index (χ0) is 18.6. The molecule has 0 saturated carbocycles. The van der Waals surface area contributed by atoms with Crippen LogP contribution < -0.4 is 9.80 Å². The van der Waals surface area contributed by atoms with Gasteiger partial charge in [0.15, 0.2) is 0 Å². The van der Waals surface area contributed by atoms with Crippen LogP contribution >= 0.6 is 0 Å². The second-order valence-corrected chi connectivity index (χ2v) is 7.25. The fraction of sp³-hybridized carbons (Fsp3) is 0.391. The third-order valence-electron chi connectivity index (χ3n) is 5.68. The molecular weight excluding hydrogens is 332 g/mol. The Kier molecular flexibility index (Phi) is 5.23. The zero-order valence-electron chi connectivity index (χ0n) is 16.3. The van der Waals surface area contributed by atoms with E-state index in [1.165, 1.54) is 16.8 Å². The van der Waals surface area contributed by atoms with Gasteiger partial charge in [-0.15, -0.1) is 0 Å². The Hall–Kier alpha value is -2.62. The molecule has 0 amide bonds. The standard InChI is InChI=1S/C23H28N4/c1-3-18(4-2)22-20-12-8-9-13-21(20)24-23(25-22)27-16-14-26(15-17-27)19-10-6-5-7-11-19/h5-13,18H,3-4,14-17H2,1-2H3. The minimum atomic E-state index is 0.488. The maximum atomic E-state index is 5.06. The first-order valence-electron chi connectivity index (χ1n) is 10.1. The van der Waals surface area contributed by atoms with Crippen molar-refractivity contribution in [3.05, 3.63) is 60.3 Å². The van der Waals surface area contributed by atoms with Gasteiger partial charge in [-0.05, 0) is 31.0 Å². The molecule has 2 aromatic carbocycles. The van der Waals surface area contributed by atoms with Crippen molar-refractivity contribution in [2.24, 2.45) is 0 Å². The SMILES string of the molecule is CCC(CC)c1nc(N2CCN(c3ccccc3)CC2)nc2ccccc12. The number of benzene rings is 2. The van der Waals surface area contributed by atoms with Crippen LogP contribution in [0.15, 0.2) is 54.6 Å². The average molecular weight is 361 g/mol. The van der Waals surface area contributed by atoms with Crippen molar-refractivity contribution in [1.29, 1.82) is 0 Å². The summed E-state index contributed by atoms with van der Waals surface area (Å²) in [5.41, 5.74) is 3.58. The fourth-order valence-corrected chi connectivity index (χ4v) is 4.02. The predicted octanol–water partition coefficient (Wildman–Crippen LogP) is 4.86. The normalized spacial score (nSPS) is 14.9. The van der Waals surface area contributed by atoms with Crippen LogP contribution in [0.1, 0.15) is 38.3 Å². The van der Waals surface area contributed by atoms with Crippen LogP contribution in [0.5, 0.6) is 0 Å². The van der Waals surface area contributed by atoms with E-state index in [1.807, 2.05) is 0 Å². The highest BCUT2D eigenvalue weighted by molar-refractivity contribution is 5.82. The quantitative estimate of drug-likeness (QED) is 0.650. The summed E-state index contributed by atoms with van der Waals surface area (Å²) in [6, 6.07) is 19.1. The second-order valence-electron chi connectivity index (χ2n) is 7.25. The van der Waals surface area contributed by atoms with E-state index in [0.29, 0.717) is 5.92 Å². The van der Waals surface area contributed by atoms with Gasteiger partial charge in [0.25, 0.3) is 0 Å². The van der Waals surface area contributed by atoms with Crippen molar-refractivity contribution >= 4 is 22.5 Å². The molecule has 0 unspecified atom stereocenters. The van der Waals surface area contributed by atoms with E-state index < -0.39 is 0 Å². The van der Waals surface area contributed by atoms with Crippen molar-refractivity contribution in [3.63, 3.8) is 0 Å². The lowest BCUT2D eigenvalue weighted by atomic mass is 9.96. The molecule has 0 bridgehead atoms. The number of fused-ring (bicyclic) bond motifs is 1. The molecule has 1 aromatic heterocycles. The van der Waals surface area contributed by atoms with Crippen molar-refractivity contribution in [2.45, 2.75) is 32.6 Å². The summed E-state index contributed by atoms with van der Waals surface area (Å²) in [6.07, 6.45) is 2.22. The molecule has 0 atom stereocenters. The van der Waals surface area contributed by atoms with Crippen molar-refractivity contribution in [3.8, 4) is 0 Å². The minimum absolute atomic E-state index is 0.488. The lowest BCUT2D eigenvalue weighted by Gasteiger charge is -2.36. The van der Waals surface area contributed by atoms with Crippen molar-refractivity contribution in [1.82, 2.24) is 9.97 Å². The Morgan fingerprint density at radius 1 is 0.778 bits per heavy atom. The molecule has 1 aliphatic heterocycles. The molecule has 2 heterocycles. The highest BCUT2D eigenvalue weighted by atomic mass is 15.3. The third-order valence-corrected chi connectivity index (χ3v) is 5.68. The Bertz CT molecular complexity index is 881. The summed E-state index contributed by atoms with van der Waals surface area (Å²) in [6.45, 7) is 8.42. The Morgan fingerprint density at radius 3 is 2.11 bits per heavy atom. The van der Waals surface area contributed by atoms with Gasteiger partial charge in [0.2, 0.25) is 5.95 Å². The van der Waals surface area contributed by atoms with Gasteiger partial charge in [-0.25, -0.2) is 9.97 Å². The highest BCUT2D eigenvalue weighted by Crippen LogP contribution is 2.30. The van der Waals surface area contributed by atoms with Gasteiger partial charge >= 0.3 is 0 Å². The Labute approximate surface area is 161 Å². The molecule has 4 rings (SSSR count). The van der Waals surface area contributed by atoms with Gasteiger partial charge in [-0.2, -0.15) is 0 Å². The van der Waals surface area contributed by atoms with E-state index in [0.717, 1.165) is 50.5 Å². The lowest BCUT2D eigenvalue weighted by Crippen LogP contribution is -2.47. The summed E-state index contributed by atoms with van der Waals surface area (Å²) in [5.74, 6) is 1.38. The monoisotopic (exact) mass is 360 g/mol. The zero-order valence-corrected chi connectivity index (χ0v) is 16.3. The first-order chi connectivity index (χ1) is 13.3. The van der Waals surface area contributed by atoms with Crippen LogP contribution in [0.3, 0.4) is 0 Å². The molecule has 3 aromatic rings. The lowest BCUT2D eigenvalue weighted by molar-refractivity contribution is 0.613. The third kappa shape index (κ3) is 3.61. The molecule has 1 aliphatic rings. The molecule has 0 spiro atoms. The molecule has 0 N–H and O–H groups in total. The maximum absolute atomic E-state index is 5.06. The van der Waals surface area contributed by atoms with Crippen LogP contribution in [0.2, 0.25) is 0 Å². The molecule has 27 heavy (non-hydrogen) atoms. The van der Waals surface area contributed by atoms with Crippen molar-refractivity contribution in [2.75, 3.05) is 36.0 Å². The minimum Gasteiger partial charge on any atom is -0.368 e. The summed E-state index contributed by atoms with van der Waals surface area (Å²) in [7, 11) is 0.